The van der Waals surface area contributed by atoms with Crippen molar-refractivity contribution < 1.29 is 32.7 Å². The lowest BCUT2D eigenvalue weighted by Gasteiger charge is -2.25. The van der Waals surface area contributed by atoms with E-state index >= 15 is 0 Å². The van der Waals surface area contributed by atoms with E-state index in [1.54, 1.807) is 24.3 Å². The highest BCUT2D eigenvalue weighted by Gasteiger charge is 2.40. The molecule has 190 valence electrons. The van der Waals surface area contributed by atoms with Gasteiger partial charge < -0.3 is 24.4 Å². The summed E-state index contributed by atoms with van der Waals surface area (Å²) in [4.78, 5) is 38.7. The van der Waals surface area contributed by atoms with Crippen molar-refractivity contribution in [3.63, 3.8) is 0 Å². The molecule has 0 spiro atoms. The van der Waals surface area contributed by atoms with E-state index in [1.165, 1.54) is 0 Å². The largest absolute Gasteiger partial charge is 0.445 e. The van der Waals surface area contributed by atoms with Crippen molar-refractivity contribution in [3.05, 3.63) is 71.8 Å². The van der Waals surface area contributed by atoms with E-state index in [0.29, 0.717) is 6.42 Å². The average Bonchev–Trinajstić information content (AvgIpc) is 2.86. The summed E-state index contributed by atoms with van der Waals surface area (Å²) in [6.45, 7) is 3.84. The van der Waals surface area contributed by atoms with Crippen molar-refractivity contribution >= 4 is 25.1 Å². The monoisotopic (exact) mass is 504 g/mol. The molecule has 2 aromatic rings. The third kappa shape index (κ3) is 8.94. The van der Waals surface area contributed by atoms with Crippen molar-refractivity contribution in [1.29, 1.82) is 0 Å². The topological polar surface area (TPSA) is 120 Å². The van der Waals surface area contributed by atoms with E-state index in [1.807, 2.05) is 50.2 Å². The van der Waals surface area contributed by atoms with Crippen LogP contribution in [-0.2, 0) is 41.0 Å². The van der Waals surface area contributed by atoms with Crippen LogP contribution >= 0.6 is 7.60 Å². The fourth-order valence-corrected chi connectivity index (χ4v) is 4.42. The van der Waals surface area contributed by atoms with Gasteiger partial charge in [-0.3, -0.25) is 14.2 Å². The third-order valence-corrected chi connectivity index (χ3v) is 6.99. The molecule has 2 atom stereocenters. The van der Waals surface area contributed by atoms with Crippen LogP contribution in [0.4, 0.5) is 4.79 Å². The van der Waals surface area contributed by atoms with Crippen LogP contribution in [0.15, 0.2) is 60.7 Å². The number of benzene rings is 2. The number of ether oxygens (including phenoxy) is 1. The normalized spacial score (nSPS) is 13.1. The minimum absolute atomic E-state index is 0.0443. The number of hydrogen-bond donors (Lipinski definition) is 2. The molecular weight excluding hydrogens is 471 g/mol. The molecule has 2 rings (SSSR count). The molecule has 0 saturated carbocycles. The zero-order valence-electron chi connectivity index (χ0n) is 20.4. The Hall–Kier alpha value is -3.00. The molecule has 0 aromatic heterocycles. The fraction of sp³-hybridized carbons (Fsp3) is 0.400. The standard InChI is InChI=1S/C25H33N2O7P/c1-18(2)15-21(27-25(30)34-17-20-13-9-6-10-14-20)23(28)26-22(16-19-11-7-5-8-12-19)24(29)35(31,32-3)33-4/h5-14,18,21-22H,15-17H2,1-4H3,(H,26,28)(H,27,30)/t21-,22-/m0/s1. The number of amides is 2. The van der Waals surface area contributed by atoms with Crippen molar-refractivity contribution in [2.75, 3.05) is 14.2 Å². The van der Waals surface area contributed by atoms with E-state index in [0.717, 1.165) is 25.3 Å². The zero-order chi connectivity index (χ0) is 25.8. The first-order valence-corrected chi connectivity index (χ1v) is 12.8. The molecule has 0 heterocycles. The highest BCUT2D eigenvalue weighted by atomic mass is 31.2. The molecule has 0 aliphatic rings. The molecule has 0 radical (unpaired) electrons. The summed E-state index contributed by atoms with van der Waals surface area (Å²) < 4.78 is 27.7. The highest BCUT2D eigenvalue weighted by molar-refractivity contribution is 7.72. The van der Waals surface area contributed by atoms with Gasteiger partial charge in [-0.15, -0.1) is 0 Å². The number of carbonyl (C=O) groups is 3. The Morgan fingerprint density at radius 3 is 1.89 bits per heavy atom. The molecule has 0 saturated heterocycles. The second-order valence-corrected chi connectivity index (χ2v) is 10.5. The fourth-order valence-electron chi connectivity index (χ4n) is 3.38. The Morgan fingerprint density at radius 2 is 1.37 bits per heavy atom. The molecule has 0 aliphatic heterocycles. The van der Waals surface area contributed by atoms with Gasteiger partial charge in [0.2, 0.25) is 5.91 Å². The van der Waals surface area contributed by atoms with E-state index < -0.39 is 37.2 Å². The van der Waals surface area contributed by atoms with E-state index in [9.17, 15) is 18.9 Å². The lowest BCUT2D eigenvalue weighted by molar-refractivity contribution is -0.127. The summed E-state index contributed by atoms with van der Waals surface area (Å²) in [5.41, 5.74) is 0.658. The van der Waals surface area contributed by atoms with E-state index in [-0.39, 0.29) is 18.9 Å². The van der Waals surface area contributed by atoms with Gasteiger partial charge in [-0.25, -0.2) is 4.79 Å². The molecule has 2 amide bonds. The maximum atomic E-state index is 13.2. The van der Waals surface area contributed by atoms with E-state index in [2.05, 4.69) is 10.6 Å². The van der Waals surface area contributed by atoms with E-state index in [4.69, 9.17) is 13.8 Å². The maximum Gasteiger partial charge on any atom is 0.408 e. The van der Waals surface area contributed by atoms with Gasteiger partial charge in [-0.2, -0.15) is 0 Å². The van der Waals surface area contributed by atoms with Gasteiger partial charge in [0, 0.05) is 20.6 Å². The summed E-state index contributed by atoms with van der Waals surface area (Å²) in [5, 5.41) is 5.21. The third-order valence-electron chi connectivity index (χ3n) is 5.18. The minimum Gasteiger partial charge on any atom is -0.445 e. The average molecular weight is 505 g/mol. The molecule has 9 nitrogen and oxygen atoms in total. The number of nitrogens with one attached hydrogen (secondary N) is 2. The number of alkyl carbamates (subject to hydrolysis) is 1. The van der Waals surface area contributed by atoms with Gasteiger partial charge in [0.05, 0.1) is 0 Å². The smallest absolute Gasteiger partial charge is 0.408 e. The van der Waals surface area contributed by atoms with Crippen LogP contribution < -0.4 is 10.6 Å². The Labute approximate surface area is 206 Å². The van der Waals surface area contributed by atoms with Crippen molar-refractivity contribution in [2.24, 2.45) is 5.92 Å². The molecule has 2 N–H and O–H groups in total. The lowest BCUT2D eigenvalue weighted by Crippen LogP contribution is -2.52. The predicted octanol–water partition coefficient (Wildman–Crippen LogP) is 4.07. The summed E-state index contributed by atoms with van der Waals surface area (Å²) in [6.07, 6.45) is -0.403. The second-order valence-electron chi connectivity index (χ2n) is 8.34. The summed E-state index contributed by atoms with van der Waals surface area (Å²) >= 11 is 0. The minimum atomic E-state index is -4.12. The van der Waals surface area contributed by atoms with Crippen LogP contribution in [0.1, 0.15) is 31.4 Å². The Morgan fingerprint density at radius 1 is 0.829 bits per heavy atom. The van der Waals surface area contributed by atoms with Crippen molar-refractivity contribution in [1.82, 2.24) is 10.6 Å². The quantitative estimate of drug-likeness (QED) is 0.395. The lowest BCUT2D eigenvalue weighted by atomic mass is 10.0. The Balaban J connectivity index is 2.17. The number of rotatable bonds is 13. The van der Waals surface area contributed by atoms with Crippen LogP contribution in [0.5, 0.6) is 0 Å². The van der Waals surface area contributed by atoms with Gasteiger partial charge in [0.25, 0.3) is 5.52 Å². The first-order chi connectivity index (χ1) is 16.7. The van der Waals surface area contributed by atoms with Gasteiger partial charge in [-0.1, -0.05) is 74.5 Å². The van der Waals surface area contributed by atoms with Gasteiger partial charge in [0.15, 0.2) is 0 Å². The maximum absolute atomic E-state index is 13.2. The van der Waals surface area contributed by atoms with Crippen molar-refractivity contribution in [3.8, 4) is 0 Å². The molecule has 10 heteroatoms. The summed E-state index contributed by atoms with van der Waals surface area (Å²) in [7, 11) is -1.90. The first kappa shape index (κ1) is 28.2. The molecule has 0 bridgehead atoms. The molecule has 0 fully saturated rings. The summed E-state index contributed by atoms with van der Waals surface area (Å²) in [5.74, 6) is -0.559. The molecular formula is C25H33N2O7P. The second kappa shape index (κ2) is 13.8. The zero-order valence-corrected chi connectivity index (χ0v) is 21.3. The number of carbonyl (C=O) groups excluding carboxylic acids is 3. The Kier molecular flexibility index (Phi) is 11.1. The van der Waals surface area contributed by atoms with Crippen LogP contribution in [0, 0.1) is 5.92 Å². The SMILES string of the molecule is COP(=O)(OC)C(=O)[C@H](Cc1ccccc1)NC(=O)[C@H](CC(C)C)NC(=O)OCc1ccccc1. The Bertz CT molecular complexity index is 1010. The molecule has 0 aliphatic carbocycles. The number of hydrogen-bond acceptors (Lipinski definition) is 7. The van der Waals surface area contributed by atoms with Gasteiger partial charge in [0.1, 0.15) is 18.7 Å². The predicted molar refractivity (Wildman–Crippen MR) is 132 cm³/mol. The van der Waals surface area contributed by atoms with Crippen molar-refractivity contribution in [2.45, 2.75) is 45.4 Å². The molecule has 35 heavy (non-hydrogen) atoms. The first-order valence-electron chi connectivity index (χ1n) is 11.3. The van der Waals surface area contributed by atoms with Crippen LogP contribution in [0.25, 0.3) is 0 Å². The van der Waals surface area contributed by atoms with Crippen LogP contribution in [-0.4, -0.2) is 43.8 Å². The molecule has 0 unspecified atom stereocenters. The van der Waals surface area contributed by atoms with Crippen LogP contribution in [0.3, 0.4) is 0 Å². The van der Waals surface area contributed by atoms with Gasteiger partial charge in [-0.05, 0) is 23.5 Å². The molecule has 2 aromatic carbocycles. The van der Waals surface area contributed by atoms with Crippen LogP contribution in [0.2, 0.25) is 0 Å². The highest BCUT2D eigenvalue weighted by Crippen LogP contribution is 2.48. The van der Waals surface area contributed by atoms with Gasteiger partial charge >= 0.3 is 13.7 Å². The summed E-state index contributed by atoms with van der Waals surface area (Å²) in [6, 6.07) is 15.9.